The van der Waals surface area contributed by atoms with Crippen LogP contribution in [0.3, 0.4) is 0 Å². The summed E-state index contributed by atoms with van der Waals surface area (Å²) in [6.45, 7) is 5.67. The lowest BCUT2D eigenvalue weighted by molar-refractivity contribution is 0.251. The van der Waals surface area contributed by atoms with Crippen LogP contribution in [0.15, 0.2) is 61.1 Å². The maximum atomic E-state index is 4.89. The first-order valence-corrected chi connectivity index (χ1v) is 9.56. The van der Waals surface area contributed by atoms with E-state index in [4.69, 9.17) is 4.98 Å². The predicted molar refractivity (Wildman–Crippen MR) is 107 cm³/mol. The number of pyridine rings is 2. The largest absolute Gasteiger partial charge is 0.380 e. The lowest BCUT2D eigenvalue weighted by atomic mass is 10.0. The molecular formula is C22H27N5. The molecule has 4 rings (SSSR count). The van der Waals surface area contributed by atoms with Crippen molar-refractivity contribution in [1.82, 2.24) is 24.7 Å². The Morgan fingerprint density at radius 1 is 0.889 bits per heavy atom. The maximum absolute atomic E-state index is 4.89. The van der Waals surface area contributed by atoms with E-state index in [9.17, 15) is 0 Å². The molecule has 2 aliphatic heterocycles. The van der Waals surface area contributed by atoms with Crippen molar-refractivity contribution in [2.75, 3.05) is 20.3 Å². The summed E-state index contributed by atoms with van der Waals surface area (Å²) in [7, 11) is 2.12. The van der Waals surface area contributed by atoms with Crippen LogP contribution in [0.25, 0.3) is 0 Å². The van der Waals surface area contributed by atoms with E-state index in [0.29, 0.717) is 5.92 Å². The molecule has 0 aromatic carbocycles. The summed E-state index contributed by atoms with van der Waals surface area (Å²) in [5, 5.41) is 0. The molecule has 2 aliphatic rings. The molecule has 27 heavy (non-hydrogen) atoms. The maximum Gasteiger partial charge on any atom is 0.0902 e. The van der Waals surface area contributed by atoms with Crippen molar-refractivity contribution in [2.24, 2.45) is 5.92 Å². The fourth-order valence-corrected chi connectivity index (χ4v) is 3.72. The summed E-state index contributed by atoms with van der Waals surface area (Å²) < 4.78 is 0. The molecule has 5 nitrogen and oxygen atoms in total. The van der Waals surface area contributed by atoms with E-state index < -0.39 is 0 Å². The number of hydrogen-bond acceptors (Lipinski definition) is 5. The Morgan fingerprint density at radius 3 is 2.22 bits per heavy atom. The minimum Gasteiger partial charge on any atom is -0.380 e. The Kier molecular flexibility index (Phi) is 5.10. The third kappa shape index (κ3) is 4.67. The zero-order valence-corrected chi connectivity index (χ0v) is 16.1. The van der Waals surface area contributed by atoms with Gasteiger partial charge in [-0.15, -0.1) is 0 Å². The van der Waals surface area contributed by atoms with Gasteiger partial charge in [-0.05, 0) is 43.8 Å². The molecule has 1 atom stereocenters. The molecule has 5 heteroatoms. The first-order chi connectivity index (χ1) is 13.1. The fourth-order valence-electron chi connectivity index (χ4n) is 3.72. The van der Waals surface area contributed by atoms with Gasteiger partial charge in [0.1, 0.15) is 0 Å². The smallest absolute Gasteiger partial charge is 0.0902 e. The molecule has 140 valence electrons. The number of aromatic nitrogens is 2. The van der Waals surface area contributed by atoms with E-state index in [1.165, 1.54) is 5.69 Å². The highest BCUT2D eigenvalue weighted by Gasteiger charge is 2.16. The second kappa shape index (κ2) is 7.82. The van der Waals surface area contributed by atoms with Crippen LogP contribution in [0.2, 0.25) is 0 Å². The van der Waals surface area contributed by atoms with Gasteiger partial charge < -0.3 is 14.7 Å². The molecule has 2 aromatic heterocycles. The summed E-state index contributed by atoms with van der Waals surface area (Å²) in [6.07, 6.45) is 9.76. The predicted octanol–water partition coefficient (Wildman–Crippen LogP) is 3.15. The van der Waals surface area contributed by atoms with Crippen LogP contribution in [-0.4, -0.2) is 44.9 Å². The topological polar surface area (TPSA) is 35.5 Å². The zero-order chi connectivity index (χ0) is 18.6. The standard InChI is InChI=1S/C22H27N5/c1-18-5-3-7-21(23-18)15-26-11-12-27(17-26)16-22-8-4-6-20(24-22)13-19-9-10-25(2)14-19/h3-12,19H,13-17H2,1-2H3. The number of nitrogens with zero attached hydrogens (tertiary/aromatic N) is 5. The van der Waals surface area contributed by atoms with Crippen molar-refractivity contribution >= 4 is 0 Å². The van der Waals surface area contributed by atoms with Gasteiger partial charge in [0.05, 0.1) is 31.1 Å². The van der Waals surface area contributed by atoms with Crippen molar-refractivity contribution in [3.8, 4) is 0 Å². The Bertz CT molecular complexity index is 844. The number of rotatable bonds is 6. The van der Waals surface area contributed by atoms with Crippen molar-refractivity contribution in [2.45, 2.75) is 26.4 Å². The molecule has 0 bridgehead atoms. The van der Waals surface area contributed by atoms with Crippen LogP contribution in [-0.2, 0) is 19.5 Å². The average Bonchev–Trinajstić information content (AvgIpc) is 3.24. The van der Waals surface area contributed by atoms with Crippen LogP contribution in [0.5, 0.6) is 0 Å². The van der Waals surface area contributed by atoms with Crippen molar-refractivity contribution < 1.29 is 0 Å². The summed E-state index contributed by atoms with van der Waals surface area (Å²) in [5.74, 6) is 0.571. The van der Waals surface area contributed by atoms with Crippen molar-refractivity contribution in [3.05, 3.63) is 83.8 Å². The van der Waals surface area contributed by atoms with Gasteiger partial charge in [0.2, 0.25) is 0 Å². The summed E-state index contributed by atoms with van der Waals surface area (Å²) in [5.41, 5.74) is 4.48. The van der Waals surface area contributed by atoms with E-state index in [2.05, 4.69) is 81.7 Å². The van der Waals surface area contributed by atoms with Crippen LogP contribution in [0.4, 0.5) is 0 Å². The van der Waals surface area contributed by atoms with E-state index in [-0.39, 0.29) is 0 Å². The summed E-state index contributed by atoms with van der Waals surface area (Å²) >= 11 is 0. The average molecular weight is 361 g/mol. The molecule has 0 fully saturated rings. The highest BCUT2D eigenvalue weighted by Crippen LogP contribution is 2.17. The van der Waals surface area contributed by atoms with Crippen molar-refractivity contribution in [3.63, 3.8) is 0 Å². The molecule has 0 amide bonds. The van der Waals surface area contributed by atoms with Gasteiger partial charge in [-0.1, -0.05) is 18.2 Å². The molecule has 0 spiro atoms. The van der Waals surface area contributed by atoms with Crippen molar-refractivity contribution in [1.29, 1.82) is 0 Å². The van der Waals surface area contributed by atoms with Crippen LogP contribution in [0.1, 0.15) is 22.8 Å². The molecule has 0 saturated carbocycles. The molecule has 1 unspecified atom stereocenters. The Balaban J connectivity index is 1.31. The quantitative estimate of drug-likeness (QED) is 0.790. The van der Waals surface area contributed by atoms with Crippen LogP contribution >= 0.6 is 0 Å². The molecule has 0 saturated heterocycles. The highest BCUT2D eigenvalue weighted by atomic mass is 15.3. The van der Waals surface area contributed by atoms with E-state index >= 15 is 0 Å². The van der Waals surface area contributed by atoms with Crippen LogP contribution < -0.4 is 0 Å². The first kappa shape index (κ1) is 17.6. The zero-order valence-electron chi connectivity index (χ0n) is 16.1. The monoisotopic (exact) mass is 361 g/mol. The Labute approximate surface area is 161 Å². The molecule has 0 aliphatic carbocycles. The van der Waals surface area contributed by atoms with E-state index in [1.54, 1.807) is 0 Å². The molecule has 2 aromatic rings. The lowest BCUT2D eigenvalue weighted by Crippen LogP contribution is -2.25. The third-order valence-corrected chi connectivity index (χ3v) is 5.00. The molecular weight excluding hydrogens is 334 g/mol. The van der Waals surface area contributed by atoms with Gasteiger partial charge in [-0.3, -0.25) is 9.97 Å². The summed E-state index contributed by atoms with van der Waals surface area (Å²) in [6, 6.07) is 12.6. The van der Waals surface area contributed by atoms with Gasteiger partial charge in [-0.25, -0.2) is 0 Å². The second-order valence-corrected chi connectivity index (χ2v) is 7.57. The minimum atomic E-state index is 0.571. The van der Waals surface area contributed by atoms with Crippen LogP contribution in [0, 0.1) is 12.8 Å². The van der Waals surface area contributed by atoms with Gasteiger partial charge >= 0.3 is 0 Å². The number of aryl methyl sites for hydroxylation is 1. The third-order valence-electron chi connectivity index (χ3n) is 5.00. The normalized spacial score (nSPS) is 18.7. The second-order valence-electron chi connectivity index (χ2n) is 7.57. The Morgan fingerprint density at radius 2 is 1.56 bits per heavy atom. The Hall–Kier alpha value is -2.82. The molecule has 4 heterocycles. The minimum absolute atomic E-state index is 0.571. The van der Waals surface area contributed by atoms with Gasteiger partial charge in [0, 0.05) is 43.3 Å². The molecule has 0 N–H and O–H groups in total. The first-order valence-electron chi connectivity index (χ1n) is 9.56. The fraction of sp³-hybridized carbons (Fsp3) is 0.364. The van der Waals surface area contributed by atoms with E-state index in [0.717, 1.165) is 49.8 Å². The van der Waals surface area contributed by atoms with Gasteiger partial charge in [0.15, 0.2) is 0 Å². The molecule has 0 radical (unpaired) electrons. The van der Waals surface area contributed by atoms with Gasteiger partial charge in [0.25, 0.3) is 0 Å². The number of hydrogen-bond donors (Lipinski definition) is 0. The van der Waals surface area contributed by atoms with E-state index in [1.807, 2.05) is 13.0 Å². The van der Waals surface area contributed by atoms with Gasteiger partial charge in [-0.2, -0.15) is 0 Å². The summed E-state index contributed by atoms with van der Waals surface area (Å²) in [4.78, 5) is 16.3. The lowest BCUT2D eigenvalue weighted by Gasteiger charge is -2.21. The SMILES string of the molecule is Cc1cccc(CN2C=CN(Cc3cccc(CC4C=CN(C)C4)n3)C2)n1. The highest BCUT2D eigenvalue weighted by molar-refractivity contribution is 5.15.